The predicted molar refractivity (Wildman–Crippen MR) is 72.5 cm³/mol. The summed E-state index contributed by atoms with van der Waals surface area (Å²) in [6, 6.07) is 0.709. The Balaban J connectivity index is 1.89. The predicted octanol–water partition coefficient (Wildman–Crippen LogP) is 3.00. The molecule has 0 aromatic heterocycles. The van der Waals surface area contributed by atoms with E-state index in [0.717, 1.165) is 24.8 Å². The van der Waals surface area contributed by atoms with E-state index in [1.54, 1.807) is 0 Å². The van der Waals surface area contributed by atoms with Crippen LogP contribution in [-0.4, -0.2) is 35.1 Å². The summed E-state index contributed by atoms with van der Waals surface area (Å²) in [6.45, 7) is 6.92. The van der Waals surface area contributed by atoms with Crippen LogP contribution in [-0.2, 0) is 4.79 Å². The Kier molecular flexibility index (Phi) is 4.66. The number of rotatable bonds is 3. The van der Waals surface area contributed by atoms with Crippen molar-refractivity contribution in [1.29, 1.82) is 0 Å². The standard InChI is InChI=1S/C15H27NO2/c1-11-6-12(2)8-14(7-11)16-5-3-4-13(10-16)9-15(17)18/h11-14H,3-10H2,1-2H3,(H,17,18). The summed E-state index contributed by atoms with van der Waals surface area (Å²) in [5, 5.41) is 8.93. The van der Waals surface area contributed by atoms with Crippen LogP contribution in [0.15, 0.2) is 0 Å². The van der Waals surface area contributed by atoms with Crippen molar-refractivity contribution in [3.8, 4) is 0 Å². The number of likely N-dealkylation sites (tertiary alicyclic amines) is 1. The van der Waals surface area contributed by atoms with Crippen LogP contribution in [0.4, 0.5) is 0 Å². The molecule has 18 heavy (non-hydrogen) atoms. The lowest BCUT2D eigenvalue weighted by molar-refractivity contribution is -0.138. The van der Waals surface area contributed by atoms with Crippen LogP contribution in [0.1, 0.15) is 52.4 Å². The highest BCUT2D eigenvalue weighted by Crippen LogP contribution is 2.33. The molecule has 0 aromatic rings. The number of hydrogen-bond acceptors (Lipinski definition) is 2. The van der Waals surface area contributed by atoms with Gasteiger partial charge in [0.1, 0.15) is 0 Å². The topological polar surface area (TPSA) is 40.5 Å². The smallest absolute Gasteiger partial charge is 0.303 e. The molecular weight excluding hydrogens is 226 g/mol. The molecule has 0 aromatic carbocycles. The minimum atomic E-state index is -0.632. The van der Waals surface area contributed by atoms with Crippen molar-refractivity contribution in [3.63, 3.8) is 0 Å². The maximum Gasteiger partial charge on any atom is 0.303 e. The van der Waals surface area contributed by atoms with E-state index in [1.165, 1.54) is 32.2 Å². The van der Waals surface area contributed by atoms with E-state index in [0.29, 0.717) is 18.4 Å². The summed E-state index contributed by atoms with van der Waals surface area (Å²) in [7, 11) is 0. The van der Waals surface area contributed by atoms with Gasteiger partial charge in [-0.25, -0.2) is 0 Å². The molecule has 1 saturated carbocycles. The molecule has 0 spiro atoms. The van der Waals surface area contributed by atoms with Gasteiger partial charge >= 0.3 is 5.97 Å². The highest BCUT2D eigenvalue weighted by atomic mass is 16.4. The summed E-state index contributed by atoms with van der Waals surface area (Å²) in [4.78, 5) is 13.4. The third kappa shape index (κ3) is 3.71. The Morgan fingerprint density at radius 2 is 1.89 bits per heavy atom. The first-order valence-corrected chi connectivity index (χ1v) is 7.50. The fourth-order valence-corrected chi connectivity index (χ4v) is 4.05. The Labute approximate surface area is 111 Å². The van der Waals surface area contributed by atoms with Gasteiger partial charge in [0.05, 0.1) is 0 Å². The minimum absolute atomic E-state index is 0.355. The second-order valence-electron chi connectivity index (χ2n) is 6.67. The van der Waals surface area contributed by atoms with Crippen LogP contribution < -0.4 is 0 Å². The molecule has 1 saturated heterocycles. The summed E-state index contributed by atoms with van der Waals surface area (Å²) >= 11 is 0. The fraction of sp³-hybridized carbons (Fsp3) is 0.933. The van der Waals surface area contributed by atoms with Crippen molar-refractivity contribution in [2.24, 2.45) is 17.8 Å². The molecular formula is C15H27NO2. The number of piperidine rings is 1. The summed E-state index contributed by atoms with van der Waals surface area (Å²) in [5.74, 6) is 1.41. The summed E-state index contributed by atoms with van der Waals surface area (Å²) in [5.41, 5.74) is 0. The van der Waals surface area contributed by atoms with E-state index in [-0.39, 0.29) is 0 Å². The Bertz CT molecular complexity index is 282. The number of carbonyl (C=O) groups is 1. The van der Waals surface area contributed by atoms with Gasteiger partial charge < -0.3 is 10.0 Å². The molecule has 104 valence electrons. The maximum atomic E-state index is 10.8. The van der Waals surface area contributed by atoms with Crippen LogP contribution in [0.2, 0.25) is 0 Å². The molecule has 1 aliphatic carbocycles. The van der Waals surface area contributed by atoms with Crippen LogP contribution in [0.5, 0.6) is 0 Å². The molecule has 1 heterocycles. The normalized spacial score (nSPS) is 38.6. The van der Waals surface area contributed by atoms with Crippen molar-refractivity contribution >= 4 is 5.97 Å². The molecule has 1 N–H and O–H groups in total. The van der Waals surface area contributed by atoms with Gasteiger partial charge in [-0.1, -0.05) is 13.8 Å². The van der Waals surface area contributed by atoms with Crippen molar-refractivity contribution in [3.05, 3.63) is 0 Å². The number of aliphatic carboxylic acids is 1. The fourth-order valence-electron chi connectivity index (χ4n) is 4.05. The first-order chi connectivity index (χ1) is 8.54. The van der Waals surface area contributed by atoms with Gasteiger partial charge in [-0.05, 0) is 56.4 Å². The van der Waals surface area contributed by atoms with Crippen molar-refractivity contribution in [2.75, 3.05) is 13.1 Å². The molecule has 3 atom stereocenters. The van der Waals surface area contributed by atoms with Crippen molar-refractivity contribution in [2.45, 2.75) is 58.4 Å². The second kappa shape index (κ2) is 6.05. The van der Waals surface area contributed by atoms with E-state index in [1.807, 2.05) is 0 Å². The average molecular weight is 253 g/mol. The van der Waals surface area contributed by atoms with E-state index in [9.17, 15) is 4.79 Å². The lowest BCUT2D eigenvalue weighted by atomic mass is 9.79. The molecule has 1 aliphatic heterocycles. The first-order valence-electron chi connectivity index (χ1n) is 7.50. The second-order valence-corrected chi connectivity index (χ2v) is 6.67. The number of carboxylic acids is 1. The van der Waals surface area contributed by atoms with Gasteiger partial charge in [0, 0.05) is 19.0 Å². The Hall–Kier alpha value is -0.570. The third-order valence-electron chi connectivity index (χ3n) is 4.68. The molecule has 2 aliphatic rings. The van der Waals surface area contributed by atoms with Gasteiger partial charge in [0.25, 0.3) is 0 Å². The maximum absolute atomic E-state index is 10.8. The molecule has 3 nitrogen and oxygen atoms in total. The minimum Gasteiger partial charge on any atom is -0.481 e. The molecule has 3 unspecified atom stereocenters. The van der Waals surface area contributed by atoms with Gasteiger partial charge in [-0.15, -0.1) is 0 Å². The molecule has 3 heteroatoms. The van der Waals surface area contributed by atoms with Gasteiger partial charge in [0.15, 0.2) is 0 Å². The number of nitrogens with zero attached hydrogens (tertiary/aromatic N) is 1. The van der Waals surface area contributed by atoms with Crippen molar-refractivity contribution in [1.82, 2.24) is 4.90 Å². The number of carboxylic acid groups (broad SMARTS) is 1. The lowest BCUT2D eigenvalue weighted by Gasteiger charge is -2.43. The Morgan fingerprint density at radius 1 is 1.22 bits per heavy atom. The zero-order valence-corrected chi connectivity index (χ0v) is 11.8. The SMILES string of the molecule is CC1CC(C)CC(N2CCCC(CC(=O)O)C2)C1. The van der Waals surface area contributed by atoms with Gasteiger partial charge in [-0.2, -0.15) is 0 Å². The van der Waals surface area contributed by atoms with Crippen LogP contribution >= 0.6 is 0 Å². The first kappa shape index (κ1) is 13.9. The molecule has 0 radical (unpaired) electrons. The largest absolute Gasteiger partial charge is 0.481 e. The highest BCUT2D eigenvalue weighted by molar-refractivity contribution is 5.67. The molecule has 0 amide bonds. The molecule has 0 bridgehead atoms. The molecule has 2 fully saturated rings. The summed E-state index contributed by atoms with van der Waals surface area (Å²) < 4.78 is 0. The van der Waals surface area contributed by atoms with Crippen molar-refractivity contribution < 1.29 is 9.90 Å². The zero-order valence-electron chi connectivity index (χ0n) is 11.8. The highest BCUT2D eigenvalue weighted by Gasteiger charge is 2.31. The van der Waals surface area contributed by atoms with Gasteiger partial charge in [-0.3, -0.25) is 4.79 Å². The third-order valence-corrected chi connectivity index (χ3v) is 4.68. The van der Waals surface area contributed by atoms with Crippen LogP contribution in [0.25, 0.3) is 0 Å². The average Bonchev–Trinajstić information content (AvgIpc) is 2.27. The van der Waals surface area contributed by atoms with Crippen LogP contribution in [0.3, 0.4) is 0 Å². The van der Waals surface area contributed by atoms with E-state index < -0.39 is 5.97 Å². The lowest BCUT2D eigenvalue weighted by Crippen LogP contribution is -2.46. The van der Waals surface area contributed by atoms with E-state index in [2.05, 4.69) is 18.7 Å². The Morgan fingerprint density at radius 3 is 2.50 bits per heavy atom. The summed E-state index contributed by atoms with van der Waals surface area (Å²) in [6.07, 6.45) is 6.61. The molecule has 2 rings (SSSR count). The number of hydrogen-bond donors (Lipinski definition) is 1. The van der Waals surface area contributed by atoms with Gasteiger partial charge in [0.2, 0.25) is 0 Å². The monoisotopic (exact) mass is 253 g/mol. The quantitative estimate of drug-likeness (QED) is 0.840. The zero-order chi connectivity index (χ0) is 13.1. The van der Waals surface area contributed by atoms with Crippen LogP contribution in [0, 0.1) is 17.8 Å². The van der Waals surface area contributed by atoms with E-state index >= 15 is 0 Å². The van der Waals surface area contributed by atoms with E-state index in [4.69, 9.17) is 5.11 Å².